The second-order valence-corrected chi connectivity index (χ2v) is 5.29. The Hall–Kier alpha value is -1.56. The van der Waals surface area contributed by atoms with E-state index in [1.54, 1.807) is 6.20 Å². The number of benzene rings is 1. The minimum Gasteiger partial charge on any atom is -0.349 e. The van der Waals surface area contributed by atoms with Crippen LogP contribution in [0.1, 0.15) is 30.7 Å². The Balaban J connectivity index is 0.00000264. The van der Waals surface area contributed by atoms with E-state index in [2.05, 4.69) is 39.1 Å². The van der Waals surface area contributed by atoms with Gasteiger partial charge in [0.25, 0.3) is 0 Å². The van der Waals surface area contributed by atoms with Crippen molar-refractivity contribution in [2.24, 2.45) is 5.73 Å². The van der Waals surface area contributed by atoms with E-state index >= 15 is 0 Å². The van der Waals surface area contributed by atoms with Gasteiger partial charge in [-0.05, 0) is 31.4 Å². The number of halogens is 2. The average Bonchev–Trinajstić information content (AvgIpc) is 2.99. The number of carbonyl (C=O) groups excluding carboxylic acids is 1. The van der Waals surface area contributed by atoms with Gasteiger partial charge < -0.3 is 15.6 Å². The lowest BCUT2D eigenvalue weighted by molar-refractivity contribution is -0.121. The molecule has 24 heavy (non-hydrogen) atoms. The highest BCUT2D eigenvalue weighted by Gasteiger charge is 2.05. The zero-order valence-corrected chi connectivity index (χ0v) is 15.3. The molecule has 5 nitrogen and oxygen atoms in total. The van der Waals surface area contributed by atoms with E-state index in [0.29, 0.717) is 19.5 Å². The normalized spacial score (nSPS) is 9.71. The van der Waals surface area contributed by atoms with Crippen LogP contribution >= 0.6 is 24.8 Å². The lowest BCUT2D eigenvalue weighted by atomic mass is 10.1. The second-order valence-electron chi connectivity index (χ2n) is 5.29. The van der Waals surface area contributed by atoms with Crippen LogP contribution in [0, 0.1) is 0 Å². The lowest BCUT2D eigenvalue weighted by Crippen LogP contribution is -2.25. The molecule has 0 atom stereocenters. The predicted molar refractivity (Wildman–Crippen MR) is 102 cm³/mol. The number of nitrogens with one attached hydrogen (secondary N) is 1. The highest BCUT2D eigenvalue weighted by Crippen LogP contribution is 2.06. The van der Waals surface area contributed by atoms with Gasteiger partial charge in [-0.15, -0.1) is 24.8 Å². The number of amides is 1. The number of aryl methyl sites for hydroxylation is 2. The highest BCUT2D eigenvalue weighted by molar-refractivity contribution is 5.85. The first-order valence-electron chi connectivity index (χ1n) is 7.80. The van der Waals surface area contributed by atoms with Crippen LogP contribution < -0.4 is 11.1 Å². The van der Waals surface area contributed by atoms with Gasteiger partial charge in [0.05, 0.1) is 6.54 Å². The molecule has 0 saturated carbocycles. The summed E-state index contributed by atoms with van der Waals surface area (Å²) in [4.78, 5) is 15.9. The molecule has 0 bridgehead atoms. The molecule has 0 unspecified atom stereocenters. The molecule has 0 aliphatic heterocycles. The minimum atomic E-state index is 0. The topological polar surface area (TPSA) is 72.9 Å². The van der Waals surface area contributed by atoms with E-state index in [0.717, 1.165) is 31.6 Å². The van der Waals surface area contributed by atoms with Gasteiger partial charge in [-0.1, -0.05) is 30.3 Å². The van der Waals surface area contributed by atoms with Crippen molar-refractivity contribution < 1.29 is 4.79 Å². The molecular formula is C17H26Cl2N4O. The van der Waals surface area contributed by atoms with Crippen molar-refractivity contribution in [1.29, 1.82) is 0 Å². The first kappa shape index (κ1) is 22.4. The number of aromatic nitrogens is 2. The van der Waals surface area contributed by atoms with Gasteiger partial charge in [0.2, 0.25) is 5.91 Å². The molecule has 2 rings (SSSR count). The Morgan fingerprint density at radius 1 is 1.17 bits per heavy atom. The third-order valence-corrected chi connectivity index (χ3v) is 3.56. The zero-order valence-electron chi connectivity index (χ0n) is 13.7. The van der Waals surface area contributed by atoms with Gasteiger partial charge in [-0.3, -0.25) is 4.79 Å². The van der Waals surface area contributed by atoms with Crippen LogP contribution in [0.4, 0.5) is 0 Å². The van der Waals surface area contributed by atoms with Gasteiger partial charge in [0, 0.05) is 25.4 Å². The van der Waals surface area contributed by atoms with E-state index in [1.807, 2.05) is 12.3 Å². The van der Waals surface area contributed by atoms with Crippen LogP contribution in [-0.2, 0) is 24.3 Å². The maximum Gasteiger partial charge on any atom is 0.220 e. The van der Waals surface area contributed by atoms with Crippen molar-refractivity contribution in [3.63, 3.8) is 0 Å². The van der Waals surface area contributed by atoms with Crippen molar-refractivity contribution in [1.82, 2.24) is 14.9 Å². The average molecular weight is 373 g/mol. The number of imidazole rings is 1. The summed E-state index contributed by atoms with van der Waals surface area (Å²) in [6, 6.07) is 10.5. The number of hydrogen-bond donors (Lipinski definition) is 2. The quantitative estimate of drug-likeness (QED) is 0.710. The van der Waals surface area contributed by atoms with Crippen molar-refractivity contribution in [3.05, 3.63) is 54.1 Å². The Morgan fingerprint density at radius 3 is 2.62 bits per heavy atom. The molecule has 7 heteroatoms. The second kappa shape index (κ2) is 12.8. The fraction of sp³-hybridized carbons (Fsp3) is 0.412. The molecule has 1 aromatic heterocycles. The molecule has 1 heterocycles. The molecule has 0 aliphatic rings. The molecule has 0 fully saturated rings. The van der Waals surface area contributed by atoms with E-state index in [4.69, 9.17) is 5.73 Å². The number of rotatable bonds is 9. The molecule has 3 N–H and O–H groups in total. The number of hydrogen-bond acceptors (Lipinski definition) is 3. The smallest absolute Gasteiger partial charge is 0.220 e. The molecule has 0 radical (unpaired) electrons. The third-order valence-electron chi connectivity index (χ3n) is 3.56. The van der Waals surface area contributed by atoms with Crippen LogP contribution in [-0.4, -0.2) is 22.0 Å². The summed E-state index contributed by atoms with van der Waals surface area (Å²) < 4.78 is 2.10. The Labute approximate surface area is 155 Å². The van der Waals surface area contributed by atoms with E-state index < -0.39 is 0 Å². The standard InChI is InChI=1S/C17H24N4O.2ClH/c18-10-4-9-17(22)20-14-16-19-11-13-21(16)12-5-8-15-6-2-1-3-7-15;;/h1-3,6-7,11,13H,4-5,8-10,12,14,18H2,(H,20,22);2*1H. The van der Waals surface area contributed by atoms with E-state index in [-0.39, 0.29) is 30.7 Å². The van der Waals surface area contributed by atoms with Gasteiger partial charge in [0.1, 0.15) is 5.82 Å². The summed E-state index contributed by atoms with van der Waals surface area (Å²) in [5.41, 5.74) is 6.74. The summed E-state index contributed by atoms with van der Waals surface area (Å²) in [5, 5.41) is 2.89. The summed E-state index contributed by atoms with van der Waals surface area (Å²) >= 11 is 0. The molecule has 1 amide bonds. The van der Waals surface area contributed by atoms with Gasteiger partial charge in [-0.2, -0.15) is 0 Å². The Morgan fingerprint density at radius 2 is 1.92 bits per heavy atom. The SMILES string of the molecule is Cl.Cl.NCCCC(=O)NCc1nccn1CCCc1ccccc1. The van der Waals surface area contributed by atoms with Crippen LogP contribution in [0.2, 0.25) is 0 Å². The molecule has 2 aromatic rings. The molecule has 0 aliphatic carbocycles. The maximum atomic E-state index is 11.6. The fourth-order valence-corrected chi connectivity index (χ4v) is 2.34. The molecular weight excluding hydrogens is 347 g/mol. The van der Waals surface area contributed by atoms with Gasteiger partial charge in [0.15, 0.2) is 0 Å². The highest BCUT2D eigenvalue weighted by atomic mass is 35.5. The first-order valence-corrected chi connectivity index (χ1v) is 7.80. The maximum absolute atomic E-state index is 11.6. The Bertz CT molecular complexity index is 575. The van der Waals surface area contributed by atoms with Crippen molar-refractivity contribution >= 4 is 30.7 Å². The zero-order chi connectivity index (χ0) is 15.6. The fourth-order valence-electron chi connectivity index (χ4n) is 2.34. The molecule has 134 valence electrons. The number of nitrogens with zero attached hydrogens (tertiary/aromatic N) is 2. The summed E-state index contributed by atoms with van der Waals surface area (Å²) in [6.07, 6.45) is 7.04. The van der Waals surface area contributed by atoms with Crippen LogP contribution in [0.5, 0.6) is 0 Å². The van der Waals surface area contributed by atoms with E-state index in [1.165, 1.54) is 5.56 Å². The van der Waals surface area contributed by atoms with Crippen LogP contribution in [0.15, 0.2) is 42.7 Å². The summed E-state index contributed by atoms with van der Waals surface area (Å²) in [6.45, 7) is 1.92. The van der Waals surface area contributed by atoms with Crippen LogP contribution in [0.25, 0.3) is 0 Å². The van der Waals surface area contributed by atoms with Crippen molar-refractivity contribution in [3.8, 4) is 0 Å². The van der Waals surface area contributed by atoms with Crippen molar-refractivity contribution in [2.45, 2.75) is 38.8 Å². The summed E-state index contributed by atoms with van der Waals surface area (Å²) in [7, 11) is 0. The largest absolute Gasteiger partial charge is 0.349 e. The first-order chi connectivity index (χ1) is 10.8. The molecule has 0 spiro atoms. The minimum absolute atomic E-state index is 0. The lowest BCUT2D eigenvalue weighted by Gasteiger charge is -2.09. The number of nitrogens with two attached hydrogens (primary N) is 1. The predicted octanol–water partition coefficient (Wildman–Crippen LogP) is 2.71. The van der Waals surface area contributed by atoms with Crippen molar-refractivity contribution in [2.75, 3.05) is 6.54 Å². The van der Waals surface area contributed by atoms with E-state index in [9.17, 15) is 4.79 Å². The third kappa shape index (κ3) is 7.81. The van der Waals surface area contributed by atoms with Gasteiger partial charge >= 0.3 is 0 Å². The monoisotopic (exact) mass is 372 g/mol. The number of carbonyl (C=O) groups is 1. The summed E-state index contributed by atoms with van der Waals surface area (Å²) in [5.74, 6) is 0.929. The Kier molecular flexibility index (Phi) is 12.0. The molecule has 1 aromatic carbocycles. The molecule has 0 saturated heterocycles. The van der Waals surface area contributed by atoms with Gasteiger partial charge in [-0.25, -0.2) is 4.98 Å². The van der Waals surface area contributed by atoms with Crippen LogP contribution in [0.3, 0.4) is 0 Å².